The van der Waals surface area contributed by atoms with E-state index in [9.17, 15) is 4.79 Å². The molecule has 22 heavy (non-hydrogen) atoms. The van der Waals surface area contributed by atoms with Crippen LogP contribution in [-0.4, -0.2) is 23.8 Å². The molecule has 0 radical (unpaired) electrons. The van der Waals surface area contributed by atoms with Crippen LogP contribution in [-0.2, 0) is 4.79 Å². The van der Waals surface area contributed by atoms with Crippen LogP contribution in [0.5, 0.6) is 5.75 Å². The average Bonchev–Trinajstić information content (AvgIpc) is 2.53. The predicted octanol–water partition coefficient (Wildman–Crippen LogP) is 3.35. The quantitative estimate of drug-likeness (QED) is 0.849. The number of nitriles is 1. The van der Waals surface area contributed by atoms with Crippen molar-refractivity contribution in [2.45, 2.75) is 5.03 Å². The zero-order valence-electron chi connectivity index (χ0n) is 11.7. The minimum Gasteiger partial charge on any atom is -0.495 e. The Kier molecular flexibility index (Phi) is 5.64. The first-order chi connectivity index (χ1) is 10.6. The molecule has 0 spiro atoms. The largest absolute Gasteiger partial charge is 0.495 e. The molecule has 7 heteroatoms. The molecule has 1 N–H and O–H groups in total. The molecule has 0 aliphatic carbocycles. The zero-order chi connectivity index (χ0) is 15.9. The fraction of sp³-hybridized carbons (Fsp3) is 0.133. The summed E-state index contributed by atoms with van der Waals surface area (Å²) in [5, 5.41) is 12.7. The van der Waals surface area contributed by atoms with Gasteiger partial charge in [-0.05, 0) is 30.3 Å². The van der Waals surface area contributed by atoms with E-state index < -0.39 is 0 Å². The molecule has 112 valence electrons. The molecular weight excluding hydrogens is 322 g/mol. The minimum atomic E-state index is -0.208. The SMILES string of the molecule is COc1ccc(NC(=O)CSc2ncccc2C#N)cc1Cl. The van der Waals surface area contributed by atoms with Gasteiger partial charge in [-0.2, -0.15) is 5.26 Å². The monoisotopic (exact) mass is 333 g/mol. The van der Waals surface area contributed by atoms with Crippen molar-refractivity contribution in [1.29, 1.82) is 5.26 Å². The molecule has 0 aliphatic rings. The van der Waals surface area contributed by atoms with Crippen LogP contribution in [0.25, 0.3) is 0 Å². The maximum absolute atomic E-state index is 11.9. The number of ether oxygens (including phenoxy) is 1. The Hall–Kier alpha value is -2.23. The highest BCUT2D eigenvalue weighted by Gasteiger charge is 2.09. The number of amides is 1. The fourth-order valence-corrected chi connectivity index (χ4v) is 2.67. The predicted molar refractivity (Wildman–Crippen MR) is 86.3 cm³/mol. The van der Waals surface area contributed by atoms with E-state index in [1.165, 1.54) is 18.9 Å². The van der Waals surface area contributed by atoms with Gasteiger partial charge in [0, 0.05) is 11.9 Å². The number of anilines is 1. The Morgan fingerprint density at radius 1 is 1.50 bits per heavy atom. The number of thioether (sulfide) groups is 1. The van der Waals surface area contributed by atoms with Gasteiger partial charge in [0.1, 0.15) is 16.8 Å². The number of methoxy groups -OCH3 is 1. The van der Waals surface area contributed by atoms with Crippen molar-refractivity contribution in [2.75, 3.05) is 18.2 Å². The molecule has 2 aromatic rings. The van der Waals surface area contributed by atoms with Gasteiger partial charge in [0.05, 0.1) is 23.4 Å². The topological polar surface area (TPSA) is 75.0 Å². The molecule has 5 nitrogen and oxygen atoms in total. The molecule has 0 aliphatic heterocycles. The molecule has 0 unspecified atom stereocenters. The van der Waals surface area contributed by atoms with Crippen LogP contribution in [0.1, 0.15) is 5.56 Å². The van der Waals surface area contributed by atoms with Crippen LogP contribution in [0.4, 0.5) is 5.69 Å². The molecule has 1 aromatic heterocycles. The summed E-state index contributed by atoms with van der Waals surface area (Å²) in [5.41, 5.74) is 1.03. The number of pyridine rings is 1. The standard InChI is InChI=1S/C15H12ClN3O2S/c1-21-13-5-4-11(7-12(13)16)19-14(20)9-22-15-10(8-17)3-2-6-18-15/h2-7H,9H2,1H3,(H,19,20). The lowest BCUT2D eigenvalue weighted by atomic mass is 10.3. The summed E-state index contributed by atoms with van der Waals surface area (Å²) in [6.45, 7) is 0. The highest BCUT2D eigenvalue weighted by atomic mass is 35.5. The Morgan fingerprint density at radius 2 is 2.32 bits per heavy atom. The van der Waals surface area contributed by atoms with Gasteiger partial charge in [-0.1, -0.05) is 23.4 Å². The summed E-state index contributed by atoms with van der Waals surface area (Å²) in [6.07, 6.45) is 1.59. The van der Waals surface area contributed by atoms with E-state index in [4.69, 9.17) is 21.6 Å². The van der Waals surface area contributed by atoms with Gasteiger partial charge in [-0.3, -0.25) is 4.79 Å². The van der Waals surface area contributed by atoms with E-state index in [0.29, 0.717) is 27.0 Å². The van der Waals surface area contributed by atoms with Crippen LogP contribution in [0.3, 0.4) is 0 Å². The van der Waals surface area contributed by atoms with Crippen molar-refractivity contribution in [1.82, 2.24) is 4.98 Å². The summed E-state index contributed by atoms with van der Waals surface area (Å²) in [7, 11) is 1.52. The van der Waals surface area contributed by atoms with Gasteiger partial charge in [0.25, 0.3) is 0 Å². The Morgan fingerprint density at radius 3 is 3.00 bits per heavy atom. The number of carbonyl (C=O) groups excluding carboxylic acids is 1. The molecule has 1 heterocycles. The number of benzene rings is 1. The lowest BCUT2D eigenvalue weighted by Gasteiger charge is -2.08. The molecule has 1 amide bonds. The van der Waals surface area contributed by atoms with Crippen LogP contribution in [0.2, 0.25) is 5.02 Å². The Bertz CT molecular complexity index is 731. The number of nitrogens with zero attached hydrogens (tertiary/aromatic N) is 2. The maximum Gasteiger partial charge on any atom is 0.234 e. The third kappa shape index (κ3) is 4.13. The zero-order valence-corrected chi connectivity index (χ0v) is 13.2. The van der Waals surface area contributed by atoms with Gasteiger partial charge >= 0.3 is 0 Å². The average molecular weight is 334 g/mol. The van der Waals surface area contributed by atoms with Gasteiger partial charge in [0.15, 0.2) is 0 Å². The van der Waals surface area contributed by atoms with E-state index in [1.54, 1.807) is 36.5 Å². The van der Waals surface area contributed by atoms with Crippen molar-refractivity contribution >= 4 is 35.0 Å². The summed E-state index contributed by atoms with van der Waals surface area (Å²) < 4.78 is 5.05. The summed E-state index contributed by atoms with van der Waals surface area (Å²) in [4.78, 5) is 16.0. The molecule has 0 saturated carbocycles. The van der Waals surface area contributed by atoms with Gasteiger partial charge in [0.2, 0.25) is 5.91 Å². The third-order valence-electron chi connectivity index (χ3n) is 2.67. The van der Waals surface area contributed by atoms with Crippen molar-refractivity contribution in [2.24, 2.45) is 0 Å². The fourth-order valence-electron chi connectivity index (χ4n) is 1.67. The van der Waals surface area contributed by atoms with Crippen LogP contribution in [0.15, 0.2) is 41.6 Å². The van der Waals surface area contributed by atoms with E-state index in [-0.39, 0.29) is 11.7 Å². The number of rotatable bonds is 5. The number of halogens is 1. The highest BCUT2D eigenvalue weighted by Crippen LogP contribution is 2.27. The highest BCUT2D eigenvalue weighted by molar-refractivity contribution is 8.00. The molecule has 0 fully saturated rings. The van der Waals surface area contributed by atoms with Gasteiger partial charge in [-0.15, -0.1) is 0 Å². The van der Waals surface area contributed by atoms with E-state index in [1.807, 2.05) is 6.07 Å². The molecule has 0 bridgehead atoms. The second-order valence-corrected chi connectivity index (χ2v) is 5.53. The van der Waals surface area contributed by atoms with Crippen molar-refractivity contribution in [3.05, 3.63) is 47.1 Å². The van der Waals surface area contributed by atoms with Crippen molar-refractivity contribution in [3.8, 4) is 11.8 Å². The number of hydrogen-bond acceptors (Lipinski definition) is 5. The Labute approximate surface area is 137 Å². The van der Waals surface area contributed by atoms with E-state index in [0.717, 1.165) is 0 Å². The summed E-state index contributed by atoms with van der Waals surface area (Å²) >= 11 is 7.21. The van der Waals surface area contributed by atoms with Crippen molar-refractivity contribution in [3.63, 3.8) is 0 Å². The summed E-state index contributed by atoms with van der Waals surface area (Å²) in [6, 6.07) is 10.4. The molecule has 0 atom stereocenters. The van der Waals surface area contributed by atoms with E-state index >= 15 is 0 Å². The lowest BCUT2D eigenvalue weighted by Crippen LogP contribution is -2.14. The third-order valence-corrected chi connectivity index (χ3v) is 3.97. The first kappa shape index (κ1) is 16.1. The molecule has 1 aromatic carbocycles. The number of nitrogens with one attached hydrogen (secondary N) is 1. The number of hydrogen-bond donors (Lipinski definition) is 1. The first-order valence-electron chi connectivity index (χ1n) is 6.25. The smallest absolute Gasteiger partial charge is 0.234 e. The van der Waals surface area contributed by atoms with E-state index in [2.05, 4.69) is 10.3 Å². The molecule has 2 rings (SSSR count). The number of aromatic nitrogens is 1. The second-order valence-electron chi connectivity index (χ2n) is 4.15. The Balaban J connectivity index is 1.96. The van der Waals surface area contributed by atoms with Crippen LogP contribution >= 0.6 is 23.4 Å². The second kappa shape index (κ2) is 7.69. The molecule has 0 saturated heterocycles. The van der Waals surface area contributed by atoms with Crippen LogP contribution < -0.4 is 10.1 Å². The number of carbonyl (C=O) groups is 1. The van der Waals surface area contributed by atoms with Crippen LogP contribution in [0, 0.1) is 11.3 Å². The van der Waals surface area contributed by atoms with Gasteiger partial charge in [-0.25, -0.2) is 4.98 Å². The normalized spacial score (nSPS) is 9.86. The first-order valence-corrected chi connectivity index (χ1v) is 7.61. The van der Waals surface area contributed by atoms with Gasteiger partial charge < -0.3 is 10.1 Å². The minimum absolute atomic E-state index is 0.148. The lowest BCUT2D eigenvalue weighted by molar-refractivity contribution is -0.113. The molecular formula is C15H12ClN3O2S. The maximum atomic E-state index is 11.9. The summed E-state index contributed by atoms with van der Waals surface area (Å²) in [5.74, 6) is 0.483. The van der Waals surface area contributed by atoms with Crippen molar-refractivity contribution < 1.29 is 9.53 Å².